The molecule has 1 unspecified atom stereocenters. The Morgan fingerprint density at radius 2 is 2.54 bits per heavy atom. The zero-order chi connectivity index (χ0) is 9.84. The highest BCUT2D eigenvalue weighted by atomic mass is 35.5. The van der Waals surface area contributed by atoms with E-state index in [1.807, 2.05) is 0 Å². The van der Waals surface area contributed by atoms with Crippen molar-refractivity contribution < 1.29 is 14.3 Å². The molecule has 3 N–H and O–H groups in total. The zero-order valence-corrected chi connectivity index (χ0v) is 7.49. The minimum Gasteiger partial charge on any atom is -0.481 e. The lowest BCUT2D eigenvalue weighted by Gasteiger charge is -2.06. The second-order valence-corrected chi connectivity index (χ2v) is 2.87. The molecule has 6 heteroatoms. The van der Waals surface area contributed by atoms with Gasteiger partial charge in [-0.05, 0) is 11.6 Å². The maximum Gasteiger partial charge on any atom is 0.304 e. The van der Waals surface area contributed by atoms with Crippen LogP contribution in [0.1, 0.15) is 18.1 Å². The van der Waals surface area contributed by atoms with Gasteiger partial charge in [0.25, 0.3) is 5.35 Å². The van der Waals surface area contributed by atoms with Crippen LogP contribution in [0.4, 0.5) is 0 Å². The van der Waals surface area contributed by atoms with Gasteiger partial charge in [-0.1, -0.05) is 0 Å². The lowest BCUT2D eigenvalue weighted by Crippen LogP contribution is -2.15. The van der Waals surface area contributed by atoms with E-state index in [-0.39, 0.29) is 24.2 Å². The fraction of sp³-hybridized carbons (Fsp3) is 0.429. The number of carbonyl (C=O) groups is 1. The molecule has 0 aliphatic rings. The summed E-state index contributed by atoms with van der Waals surface area (Å²) in [5.41, 5.74) is 5.37. The van der Waals surface area contributed by atoms with Crippen LogP contribution < -0.4 is 5.73 Å². The van der Waals surface area contributed by atoms with Crippen LogP contribution in [-0.4, -0.2) is 22.6 Å². The van der Waals surface area contributed by atoms with Gasteiger partial charge in [-0.15, -0.1) is 0 Å². The van der Waals surface area contributed by atoms with Crippen molar-refractivity contribution in [2.75, 3.05) is 6.54 Å². The molecule has 0 amide bonds. The Morgan fingerprint density at radius 1 is 1.85 bits per heavy atom. The van der Waals surface area contributed by atoms with Gasteiger partial charge in [0.15, 0.2) is 0 Å². The van der Waals surface area contributed by atoms with E-state index in [2.05, 4.69) is 4.98 Å². The molecule has 1 aromatic rings. The summed E-state index contributed by atoms with van der Waals surface area (Å²) < 4.78 is 4.95. The first-order valence-electron chi connectivity index (χ1n) is 3.66. The average molecular weight is 205 g/mol. The summed E-state index contributed by atoms with van der Waals surface area (Å²) in [5.74, 6) is -0.879. The Kier molecular flexibility index (Phi) is 3.27. The molecule has 1 atom stereocenters. The van der Waals surface area contributed by atoms with E-state index in [1.165, 1.54) is 6.20 Å². The van der Waals surface area contributed by atoms with Gasteiger partial charge in [0.1, 0.15) is 5.76 Å². The van der Waals surface area contributed by atoms with Crippen molar-refractivity contribution in [2.24, 2.45) is 5.73 Å². The molecule has 0 fully saturated rings. The van der Waals surface area contributed by atoms with Crippen LogP contribution in [0.5, 0.6) is 0 Å². The minimum atomic E-state index is -0.928. The van der Waals surface area contributed by atoms with E-state index in [4.69, 9.17) is 26.9 Å². The summed E-state index contributed by atoms with van der Waals surface area (Å²) in [5, 5.41) is 8.53. The Labute approximate surface area is 79.5 Å². The van der Waals surface area contributed by atoms with E-state index >= 15 is 0 Å². The van der Waals surface area contributed by atoms with Gasteiger partial charge in [-0.2, -0.15) is 0 Å². The molecule has 1 rings (SSSR count). The third-order valence-corrected chi connectivity index (χ3v) is 1.78. The molecule has 1 aromatic heterocycles. The van der Waals surface area contributed by atoms with Gasteiger partial charge < -0.3 is 15.3 Å². The van der Waals surface area contributed by atoms with E-state index in [1.54, 1.807) is 0 Å². The maximum atomic E-state index is 10.4. The first-order valence-corrected chi connectivity index (χ1v) is 4.04. The van der Waals surface area contributed by atoms with Gasteiger partial charge in [0, 0.05) is 12.5 Å². The van der Waals surface area contributed by atoms with Crippen LogP contribution in [0.15, 0.2) is 10.6 Å². The van der Waals surface area contributed by atoms with Crippen molar-refractivity contribution in [2.45, 2.75) is 12.3 Å². The Balaban J connectivity index is 2.72. The summed E-state index contributed by atoms with van der Waals surface area (Å²) in [6, 6.07) is 0. The molecular weight excluding hydrogens is 196 g/mol. The Hall–Kier alpha value is -1.07. The molecule has 0 spiro atoms. The number of aromatic nitrogens is 1. The highest BCUT2D eigenvalue weighted by Gasteiger charge is 2.17. The number of nitrogens with two attached hydrogens (primary N) is 1. The van der Waals surface area contributed by atoms with E-state index < -0.39 is 5.97 Å². The number of hydrogen-bond acceptors (Lipinski definition) is 4. The van der Waals surface area contributed by atoms with Gasteiger partial charge in [-0.25, -0.2) is 4.98 Å². The number of oxazole rings is 1. The predicted molar refractivity (Wildman–Crippen MR) is 45.6 cm³/mol. The highest BCUT2D eigenvalue weighted by Crippen LogP contribution is 2.21. The Morgan fingerprint density at radius 3 is 2.92 bits per heavy atom. The fourth-order valence-corrected chi connectivity index (χ4v) is 1.10. The molecule has 0 aromatic carbocycles. The van der Waals surface area contributed by atoms with Crippen molar-refractivity contribution in [3.05, 3.63) is 17.3 Å². The lowest BCUT2D eigenvalue weighted by atomic mass is 10.0. The van der Waals surface area contributed by atoms with Crippen LogP contribution in [0.25, 0.3) is 0 Å². The quantitative estimate of drug-likeness (QED) is 0.759. The summed E-state index contributed by atoms with van der Waals surface area (Å²) >= 11 is 5.43. The second kappa shape index (κ2) is 4.25. The number of hydrogen-bond donors (Lipinski definition) is 2. The predicted octanol–water partition coefficient (Wildman–Crippen LogP) is 0.845. The van der Waals surface area contributed by atoms with Crippen molar-refractivity contribution >= 4 is 17.6 Å². The smallest absolute Gasteiger partial charge is 0.304 e. The number of carboxylic acid groups (broad SMARTS) is 1. The zero-order valence-electron chi connectivity index (χ0n) is 6.74. The SMILES string of the molecule is NCC(CC(=O)O)c1cnc(Cl)o1. The molecule has 72 valence electrons. The normalized spacial score (nSPS) is 12.8. The van der Waals surface area contributed by atoms with Crippen molar-refractivity contribution in [1.82, 2.24) is 4.98 Å². The number of aliphatic carboxylic acids is 1. The van der Waals surface area contributed by atoms with Crippen LogP contribution in [0, 0.1) is 0 Å². The summed E-state index contributed by atoms with van der Waals surface area (Å²) in [4.78, 5) is 14.0. The molecule has 0 bridgehead atoms. The largest absolute Gasteiger partial charge is 0.481 e. The van der Waals surface area contributed by atoms with Crippen LogP contribution >= 0.6 is 11.6 Å². The summed E-state index contributed by atoms with van der Waals surface area (Å²) in [6.07, 6.45) is 1.31. The van der Waals surface area contributed by atoms with Gasteiger partial charge in [0.2, 0.25) is 0 Å². The number of rotatable bonds is 4. The number of carboxylic acids is 1. The lowest BCUT2D eigenvalue weighted by molar-refractivity contribution is -0.137. The van der Waals surface area contributed by atoms with Crippen molar-refractivity contribution in [3.63, 3.8) is 0 Å². The average Bonchev–Trinajstić information content (AvgIpc) is 2.47. The minimum absolute atomic E-state index is 0.00108. The molecular formula is C7H9ClN2O3. The first-order chi connectivity index (χ1) is 6.13. The first kappa shape index (κ1) is 10.0. The third-order valence-electron chi connectivity index (χ3n) is 1.60. The molecule has 0 aliphatic carbocycles. The summed E-state index contributed by atoms with van der Waals surface area (Å²) in [6.45, 7) is 0.192. The molecule has 0 saturated heterocycles. The molecule has 0 saturated carbocycles. The highest BCUT2D eigenvalue weighted by molar-refractivity contribution is 6.27. The van der Waals surface area contributed by atoms with E-state index in [9.17, 15) is 4.79 Å². The van der Waals surface area contributed by atoms with Gasteiger partial charge in [-0.3, -0.25) is 4.79 Å². The van der Waals surface area contributed by atoms with Gasteiger partial charge in [0.05, 0.1) is 12.6 Å². The molecule has 0 radical (unpaired) electrons. The maximum absolute atomic E-state index is 10.4. The Bertz CT molecular complexity index is 300. The van der Waals surface area contributed by atoms with Crippen LogP contribution in [0.2, 0.25) is 5.35 Å². The third kappa shape index (κ3) is 2.71. The monoisotopic (exact) mass is 204 g/mol. The van der Waals surface area contributed by atoms with Gasteiger partial charge >= 0.3 is 5.97 Å². The number of halogens is 1. The second-order valence-electron chi connectivity index (χ2n) is 2.55. The van der Waals surface area contributed by atoms with Crippen LogP contribution in [-0.2, 0) is 4.79 Å². The molecule has 1 heterocycles. The fourth-order valence-electron chi connectivity index (χ4n) is 0.964. The standard InChI is InChI=1S/C7H9ClN2O3/c8-7-10-3-5(13-7)4(2-9)1-6(11)12/h3-4H,1-2,9H2,(H,11,12). The molecule has 13 heavy (non-hydrogen) atoms. The van der Waals surface area contributed by atoms with Crippen molar-refractivity contribution in [1.29, 1.82) is 0 Å². The number of nitrogens with zero attached hydrogens (tertiary/aromatic N) is 1. The topological polar surface area (TPSA) is 89.4 Å². The van der Waals surface area contributed by atoms with E-state index in [0.29, 0.717) is 5.76 Å². The molecule has 0 aliphatic heterocycles. The molecule has 5 nitrogen and oxygen atoms in total. The van der Waals surface area contributed by atoms with E-state index in [0.717, 1.165) is 0 Å². The van der Waals surface area contributed by atoms with Crippen molar-refractivity contribution in [3.8, 4) is 0 Å². The van der Waals surface area contributed by atoms with Crippen LogP contribution in [0.3, 0.4) is 0 Å². The summed E-state index contributed by atoms with van der Waals surface area (Å²) in [7, 11) is 0.